The number of fused-ring (bicyclic) bond motifs is 1. The monoisotopic (exact) mass is 438 g/mol. The van der Waals surface area contributed by atoms with E-state index in [-0.39, 0.29) is 5.91 Å². The summed E-state index contributed by atoms with van der Waals surface area (Å²) in [5.74, 6) is 1.62. The Labute approximate surface area is 186 Å². The minimum Gasteiger partial charge on any atom is -0.493 e. The molecule has 4 rings (SSSR count). The molecule has 0 saturated heterocycles. The van der Waals surface area contributed by atoms with Crippen LogP contribution in [-0.2, 0) is 24.1 Å². The lowest BCUT2D eigenvalue weighted by Crippen LogP contribution is -2.12. The molecule has 0 bridgehead atoms. The van der Waals surface area contributed by atoms with E-state index in [0.29, 0.717) is 35.2 Å². The number of aromatic nitrogens is 1. The zero-order chi connectivity index (χ0) is 21.8. The van der Waals surface area contributed by atoms with Gasteiger partial charge in [-0.3, -0.25) is 4.79 Å². The Morgan fingerprint density at radius 3 is 2.48 bits per heavy atom. The molecule has 1 heterocycles. The Morgan fingerprint density at radius 1 is 1.03 bits per heavy atom. The summed E-state index contributed by atoms with van der Waals surface area (Å²) in [6.07, 6.45) is 4.40. The van der Waals surface area contributed by atoms with Crippen molar-refractivity contribution in [3.05, 3.63) is 52.4 Å². The first kappa shape index (κ1) is 21.2. The van der Waals surface area contributed by atoms with Crippen LogP contribution in [0.2, 0.25) is 0 Å². The van der Waals surface area contributed by atoms with Crippen molar-refractivity contribution in [1.82, 2.24) is 4.98 Å². The van der Waals surface area contributed by atoms with E-state index in [0.717, 1.165) is 23.2 Å². The average Bonchev–Trinajstić information content (AvgIpc) is 3.45. The topological polar surface area (TPSA) is 69.7 Å². The summed E-state index contributed by atoms with van der Waals surface area (Å²) in [6, 6.07) is 10.3. The molecular formula is C24H26N2O4S. The number of rotatable bonds is 8. The second-order valence-corrected chi connectivity index (χ2v) is 8.31. The normalized spacial score (nSPS) is 12.4. The fourth-order valence-electron chi connectivity index (χ4n) is 3.91. The first-order chi connectivity index (χ1) is 15.1. The summed E-state index contributed by atoms with van der Waals surface area (Å²) >= 11 is 1.45. The number of aryl methyl sites for hydroxylation is 3. The van der Waals surface area contributed by atoms with E-state index in [9.17, 15) is 4.79 Å². The van der Waals surface area contributed by atoms with Gasteiger partial charge in [0, 0.05) is 17.4 Å². The molecule has 1 amide bonds. The number of carbonyl (C=O) groups is 1. The fraction of sp³-hybridized carbons (Fsp3) is 0.333. The maximum Gasteiger partial charge on any atom is 0.226 e. The van der Waals surface area contributed by atoms with Crippen molar-refractivity contribution in [2.45, 2.75) is 32.1 Å². The third kappa shape index (κ3) is 4.66. The number of anilines is 1. The molecular weight excluding hydrogens is 412 g/mol. The van der Waals surface area contributed by atoms with Gasteiger partial charge in [-0.05, 0) is 60.6 Å². The summed E-state index contributed by atoms with van der Waals surface area (Å²) in [5, 5.41) is 5.52. The minimum absolute atomic E-state index is 0.0800. The number of thiazole rings is 1. The minimum atomic E-state index is -0.0800. The number of methoxy groups -OCH3 is 3. The zero-order valence-corrected chi connectivity index (χ0v) is 18.8. The molecule has 1 aromatic heterocycles. The highest BCUT2D eigenvalue weighted by atomic mass is 32.1. The molecule has 0 saturated carbocycles. The molecule has 0 aliphatic heterocycles. The molecule has 0 unspecified atom stereocenters. The van der Waals surface area contributed by atoms with Crippen LogP contribution in [0.5, 0.6) is 17.2 Å². The lowest BCUT2D eigenvalue weighted by atomic mass is 10.1. The van der Waals surface area contributed by atoms with E-state index in [1.54, 1.807) is 21.3 Å². The van der Waals surface area contributed by atoms with Crippen molar-refractivity contribution in [3.63, 3.8) is 0 Å². The van der Waals surface area contributed by atoms with Gasteiger partial charge in [-0.25, -0.2) is 4.98 Å². The predicted molar refractivity (Wildman–Crippen MR) is 123 cm³/mol. The van der Waals surface area contributed by atoms with Crippen LogP contribution in [-0.4, -0.2) is 32.2 Å². The smallest absolute Gasteiger partial charge is 0.226 e. The van der Waals surface area contributed by atoms with Gasteiger partial charge >= 0.3 is 0 Å². The van der Waals surface area contributed by atoms with Gasteiger partial charge in [-0.2, -0.15) is 0 Å². The Bertz CT molecular complexity index is 1070. The standard InChI is InChI=1S/C24H26N2O4S/c1-28-20-11-15(12-21(29-2)23(20)30-3)7-10-22(27)26-24-25-19(14-31-24)18-9-8-16-5-4-6-17(16)13-18/h8-9,11-14H,4-7,10H2,1-3H3,(H,25,26,27). The first-order valence-electron chi connectivity index (χ1n) is 10.3. The molecule has 1 aliphatic rings. The van der Waals surface area contributed by atoms with Crippen LogP contribution in [0.4, 0.5) is 5.13 Å². The van der Waals surface area contributed by atoms with Crippen molar-refractivity contribution in [1.29, 1.82) is 0 Å². The van der Waals surface area contributed by atoms with Crippen LogP contribution < -0.4 is 19.5 Å². The quantitative estimate of drug-likeness (QED) is 0.542. The van der Waals surface area contributed by atoms with Gasteiger partial charge in [0.25, 0.3) is 0 Å². The molecule has 0 radical (unpaired) electrons. The van der Waals surface area contributed by atoms with Crippen LogP contribution in [0.25, 0.3) is 11.3 Å². The van der Waals surface area contributed by atoms with E-state index in [1.165, 1.54) is 35.3 Å². The molecule has 0 fully saturated rings. The van der Waals surface area contributed by atoms with Gasteiger partial charge in [0.1, 0.15) is 0 Å². The lowest BCUT2D eigenvalue weighted by molar-refractivity contribution is -0.116. The average molecular weight is 439 g/mol. The number of carbonyl (C=O) groups excluding carboxylic acids is 1. The number of amides is 1. The molecule has 2 aromatic carbocycles. The number of nitrogens with one attached hydrogen (secondary N) is 1. The number of ether oxygens (including phenoxy) is 3. The third-order valence-corrected chi connectivity index (χ3v) is 6.27. The third-order valence-electron chi connectivity index (χ3n) is 5.51. The molecule has 3 aromatic rings. The number of benzene rings is 2. The summed E-state index contributed by atoms with van der Waals surface area (Å²) in [5.41, 5.74) is 5.80. The van der Waals surface area contributed by atoms with Crippen LogP contribution in [0.15, 0.2) is 35.7 Å². The fourth-order valence-corrected chi connectivity index (χ4v) is 4.65. The summed E-state index contributed by atoms with van der Waals surface area (Å²) < 4.78 is 16.1. The molecule has 0 atom stereocenters. The maximum absolute atomic E-state index is 12.5. The van der Waals surface area contributed by atoms with Gasteiger partial charge in [0.15, 0.2) is 16.6 Å². The number of nitrogens with zero attached hydrogens (tertiary/aromatic N) is 1. The molecule has 162 valence electrons. The van der Waals surface area contributed by atoms with E-state index in [1.807, 2.05) is 17.5 Å². The van der Waals surface area contributed by atoms with Crippen molar-refractivity contribution in [2.24, 2.45) is 0 Å². The molecule has 6 nitrogen and oxygen atoms in total. The highest BCUT2D eigenvalue weighted by Crippen LogP contribution is 2.38. The van der Waals surface area contributed by atoms with Gasteiger partial charge in [0.2, 0.25) is 11.7 Å². The van der Waals surface area contributed by atoms with E-state index in [4.69, 9.17) is 14.2 Å². The molecule has 7 heteroatoms. The number of hydrogen-bond acceptors (Lipinski definition) is 6. The second-order valence-electron chi connectivity index (χ2n) is 7.46. The highest BCUT2D eigenvalue weighted by Gasteiger charge is 2.15. The van der Waals surface area contributed by atoms with Gasteiger partial charge in [-0.15, -0.1) is 11.3 Å². The molecule has 31 heavy (non-hydrogen) atoms. The number of hydrogen-bond donors (Lipinski definition) is 1. The molecule has 1 aliphatic carbocycles. The predicted octanol–water partition coefficient (Wildman–Crippen LogP) is 4.90. The maximum atomic E-state index is 12.5. The summed E-state index contributed by atoms with van der Waals surface area (Å²) in [7, 11) is 4.72. The largest absolute Gasteiger partial charge is 0.493 e. The second kappa shape index (κ2) is 9.39. The van der Waals surface area contributed by atoms with E-state index < -0.39 is 0 Å². The first-order valence-corrected chi connectivity index (χ1v) is 11.2. The van der Waals surface area contributed by atoms with Crippen LogP contribution in [0.1, 0.15) is 29.5 Å². The van der Waals surface area contributed by atoms with Crippen molar-refractivity contribution in [3.8, 4) is 28.5 Å². The Balaban J connectivity index is 1.39. The van der Waals surface area contributed by atoms with E-state index >= 15 is 0 Å². The van der Waals surface area contributed by atoms with Crippen LogP contribution >= 0.6 is 11.3 Å². The Morgan fingerprint density at radius 2 is 1.77 bits per heavy atom. The van der Waals surface area contributed by atoms with Gasteiger partial charge in [-0.1, -0.05) is 12.1 Å². The lowest BCUT2D eigenvalue weighted by Gasteiger charge is -2.14. The van der Waals surface area contributed by atoms with Crippen molar-refractivity contribution < 1.29 is 19.0 Å². The Hall–Kier alpha value is -3.06. The van der Waals surface area contributed by atoms with Gasteiger partial charge in [0.05, 0.1) is 27.0 Å². The van der Waals surface area contributed by atoms with Crippen molar-refractivity contribution in [2.75, 3.05) is 26.6 Å². The van der Waals surface area contributed by atoms with Crippen LogP contribution in [0.3, 0.4) is 0 Å². The van der Waals surface area contributed by atoms with E-state index in [2.05, 4.69) is 28.5 Å². The SMILES string of the molecule is COc1cc(CCC(=O)Nc2nc(-c3ccc4c(c3)CCC4)cs2)cc(OC)c1OC. The zero-order valence-electron chi connectivity index (χ0n) is 18.0. The van der Waals surface area contributed by atoms with Crippen molar-refractivity contribution >= 4 is 22.4 Å². The summed E-state index contributed by atoms with van der Waals surface area (Å²) in [4.78, 5) is 17.1. The molecule has 0 spiro atoms. The van der Waals surface area contributed by atoms with Crippen LogP contribution in [0, 0.1) is 0 Å². The highest BCUT2D eigenvalue weighted by molar-refractivity contribution is 7.14. The summed E-state index contributed by atoms with van der Waals surface area (Å²) in [6.45, 7) is 0. The Kier molecular flexibility index (Phi) is 6.42. The van der Waals surface area contributed by atoms with Gasteiger partial charge < -0.3 is 19.5 Å². The molecule has 1 N–H and O–H groups in total.